The van der Waals surface area contributed by atoms with Gasteiger partial charge in [0, 0.05) is 23.9 Å². The first-order valence-corrected chi connectivity index (χ1v) is 10.9. The van der Waals surface area contributed by atoms with Gasteiger partial charge in [0.2, 0.25) is 0 Å². The van der Waals surface area contributed by atoms with Crippen LogP contribution in [0.3, 0.4) is 0 Å². The normalized spacial score (nSPS) is 15.9. The van der Waals surface area contributed by atoms with Crippen molar-refractivity contribution in [1.29, 1.82) is 0 Å². The van der Waals surface area contributed by atoms with Crippen LogP contribution in [0.1, 0.15) is 62.3 Å². The van der Waals surface area contributed by atoms with Crippen LogP contribution in [0.25, 0.3) is 6.08 Å². The predicted molar refractivity (Wildman–Crippen MR) is 126 cm³/mol. The van der Waals surface area contributed by atoms with Crippen LogP contribution in [0, 0.1) is 0 Å². The molecule has 0 saturated carbocycles. The highest BCUT2D eigenvalue weighted by Crippen LogP contribution is 2.45. The number of halogens is 3. The van der Waals surface area contributed by atoms with E-state index in [2.05, 4.69) is 10.3 Å². The number of aliphatic hydroxyl groups is 1. The molecule has 1 aliphatic rings. The van der Waals surface area contributed by atoms with Gasteiger partial charge in [-0.25, -0.2) is 0 Å². The zero-order chi connectivity index (χ0) is 24.4. The standard InChI is InChI=1S/C26H31F3N2O2/c1-17(2)19-9-7-10-21(23(19)33-5)24(3,4)15-25(32,26(27,28)29)16-31-22-11-6-8-18-14-30-13-12-20(18)22/h6-13,16-17,30,32H,14-15H2,1-5H3. The number of fused-ring (bicyclic) bond motifs is 1. The Kier molecular flexibility index (Phi) is 6.93. The van der Waals surface area contributed by atoms with Crippen molar-refractivity contribution in [3.63, 3.8) is 0 Å². The van der Waals surface area contributed by atoms with Crippen molar-refractivity contribution < 1.29 is 23.0 Å². The Hall–Kier alpha value is -2.80. The van der Waals surface area contributed by atoms with Crippen LogP contribution in [-0.2, 0) is 12.0 Å². The third-order valence-corrected chi connectivity index (χ3v) is 6.05. The first-order valence-electron chi connectivity index (χ1n) is 10.9. The molecular formula is C26H31F3N2O2. The first-order chi connectivity index (χ1) is 15.4. The number of hydrogen-bond donors (Lipinski definition) is 2. The van der Waals surface area contributed by atoms with Gasteiger partial charge < -0.3 is 15.2 Å². The molecule has 0 spiro atoms. The van der Waals surface area contributed by atoms with Crippen LogP contribution >= 0.6 is 0 Å². The van der Waals surface area contributed by atoms with Crippen molar-refractivity contribution in [2.75, 3.05) is 7.11 Å². The van der Waals surface area contributed by atoms with E-state index in [1.165, 1.54) is 7.11 Å². The Labute approximate surface area is 193 Å². The Morgan fingerprint density at radius 1 is 1.15 bits per heavy atom. The number of ether oxygens (including phenoxy) is 1. The zero-order valence-corrected chi connectivity index (χ0v) is 19.6. The number of rotatable bonds is 7. The van der Waals surface area contributed by atoms with Gasteiger partial charge in [0.1, 0.15) is 5.75 Å². The maximum atomic E-state index is 14.2. The van der Waals surface area contributed by atoms with Gasteiger partial charge in [0.25, 0.3) is 0 Å². The molecule has 33 heavy (non-hydrogen) atoms. The maximum Gasteiger partial charge on any atom is 0.422 e. The molecule has 0 bridgehead atoms. The second kappa shape index (κ2) is 9.21. The fourth-order valence-electron chi connectivity index (χ4n) is 4.30. The second-order valence-corrected chi connectivity index (χ2v) is 9.39. The summed E-state index contributed by atoms with van der Waals surface area (Å²) in [6.45, 7) is 7.92. The summed E-state index contributed by atoms with van der Waals surface area (Å²) in [5, 5.41) is 14.0. The van der Waals surface area contributed by atoms with Crippen molar-refractivity contribution in [2.24, 2.45) is 4.99 Å². The number of para-hydroxylation sites is 1. The number of nitrogens with zero attached hydrogens (tertiary/aromatic N) is 1. The third kappa shape index (κ3) is 5.08. The number of nitrogens with one attached hydrogen (secondary N) is 1. The van der Waals surface area contributed by atoms with E-state index in [4.69, 9.17) is 4.74 Å². The van der Waals surface area contributed by atoms with Crippen LogP contribution in [0.5, 0.6) is 5.75 Å². The number of benzene rings is 2. The van der Waals surface area contributed by atoms with Gasteiger partial charge >= 0.3 is 6.18 Å². The van der Waals surface area contributed by atoms with Gasteiger partial charge in [0.05, 0.1) is 12.8 Å². The Morgan fingerprint density at radius 3 is 2.48 bits per heavy atom. The van der Waals surface area contributed by atoms with Gasteiger partial charge in [-0.05, 0) is 47.2 Å². The lowest BCUT2D eigenvalue weighted by Gasteiger charge is -2.36. The molecule has 0 aromatic heterocycles. The van der Waals surface area contributed by atoms with E-state index in [1.807, 2.05) is 32.0 Å². The summed E-state index contributed by atoms with van der Waals surface area (Å²) in [7, 11) is 1.51. The molecule has 0 radical (unpaired) electrons. The maximum absolute atomic E-state index is 14.2. The molecule has 1 aliphatic heterocycles. The summed E-state index contributed by atoms with van der Waals surface area (Å²) in [6.07, 6.45) is -1.39. The van der Waals surface area contributed by atoms with Crippen LogP contribution in [0.2, 0.25) is 0 Å². The minimum Gasteiger partial charge on any atom is -0.496 e. The Balaban J connectivity index is 2.02. The molecule has 3 rings (SSSR count). The summed E-state index contributed by atoms with van der Waals surface area (Å²) in [6, 6.07) is 10.7. The molecule has 178 valence electrons. The van der Waals surface area contributed by atoms with Gasteiger partial charge in [-0.15, -0.1) is 0 Å². The largest absolute Gasteiger partial charge is 0.496 e. The van der Waals surface area contributed by atoms with Crippen LogP contribution < -0.4 is 10.1 Å². The highest BCUT2D eigenvalue weighted by molar-refractivity contribution is 5.78. The number of alkyl halides is 3. The molecule has 1 heterocycles. The molecule has 1 atom stereocenters. The fraction of sp³-hybridized carbons (Fsp3) is 0.423. The summed E-state index contributed by atoms with van der Waals surface area (Å²) >= 11 is 0. The molecule has 0 amide bonds. The van der Waals surface area contributed by atoms with Crippen molar-refractivity contribution in [3.05, 3.63) is 64.9 Å². The lowest BCUT2D eigenvalue weighted by molar-refractivity contribution is -0.234. The van der Waals surface area contributed by atoms with Gasteiger partial charge in [-0.2, -0.15) is 13.2 Å². The van der Waals surface area contributed by atoms with E-state index in [-0.39, 0.29) is 5.92 Å². The molecule has 2 aromatic carbocycles. The summed E-state index contributed by atoms with van der Waals surface area (Å²) in [4.78, 5) is 4.12. The van der Waals surface area contributed by atoms with Crippen LogP contribution in [-0.4, -0.2) is 30.2 Å². The Morgan fingerprint density at radius 2 is 1.85 bits per heavy atom. The van der Waals surface area contributed by atoms with Crippen molar-refractivity contribution in [3.8, 4) is 5.75 Å². The van der Waals surface area contributed by atoms with E-state index >= 15 is 0 Å². The first kappa shape index (κ1) is 24.8. The number of aliphatic imine (C=N–C) groups is 1. The van der Waals surface area contributed by atoms with E-state index in [1.54, 1.807) is 44.3 Å². The van der Waals surface area contributed by atoms with Gasteiger partial charge in [-0.3, -0.25) is 4.99 Å². The van der Waals surface area contributed by atoms with Crippen molar-refractivity contribution in [2.45, 2.75) is 63.8 Å². The van der Waals surface area contributed by atoms with Crippen LogP contribution in [0.4, 0.5) is 18.9 Å². The molecule has 0 aliphatic carbocycles. The third-order valence-electron chi connectivity index (χ3n) is 6.05. The minimum absolute atomic E-state index is 0.130. The van der Waals surface area contributed by atoms with Crippen molar-refractivity contribution in [1.82, 2.24) is 5.32 Å². The zero-order valence-electron chi connectivity index (χ0n) is 19.6. The summed E-state index contributed by atoms with van der Waals surface area (Å²) < 4.78 is 48.2. The number of hydrogen-bond acceptors (Lipinski definition) is 4. The SMILES string of the molecule is COc1c(C(C)C)cccc1C(C)(C)CC(O)(C=Nc1cccc2c1C=CNC2)C(F)(F)F. The van der Waals surface area contributed by atoms with E-state index < -0.39 is 23.6 Å². The molecule has 2 aromatic rings. The molecule has 0 saturated heterocycles. The molecule has 2 N–H and O–H groups in total. The highest BCUT2D eigenvalue weighted by Gasteiger charge is 2.55. The molecule has 1 unspecified atom stereocenters. The number of methoxy groups -OCH3 is 1. The smallest absolute Gasteiger partial charge is 0.422 e. The fourth-order valence-corrected chi connectivity index (χ4v) is 4.30. The van der Waals surface area contributed by atoms with E-state index in [0.717, 1.165) is 16.7 Å². The average Bonchev–Trinajstić information content (AvgIpc) is 2.76. The van der Waals surface area contributed by atoms with Crippen molar-refractivity contribution >= 4 is 18.0 Å². The Bertz CT molecular complexity index is 1060. The highest BCUT2D eigenvalue weighted by atomic mass is 19.4. The lowest BCUT2D eigenvalue weighted by Crippen LogP contribution is -2.50. The van der Waals surface area contributed by atoms with E-state index in [9.17, 15) is 18.3 Å². The molecule has 7 heteroatoms. The minimum atomic E-state index is -4.91. The second-order valence-electron chi connectivity index (χ2n) is 9.39. The predicted octanol–water partition coefficient (Wildman–Crippen LogP) is 6.26. The summed E-state index contributed by atoms with van der Waals surface area (Å²) in [5.41, 5.74) is -0.630. The monoisotopic (exact) mass is 460 g/mol. The van der Waals surface area contributed by atoms with Gasteiger partial charge in [0.15, 0.2) is 5.60 Å². The summed E-state index contributed by atoms with van der Waals surface area (Å²) in [5.74, 6) is 0.680. The van der Waals surface area contributed by atoms with Gasteiger partial charge in [-0.1, -0.05) is 58.0 Å². The quantitative estimate of drug-likeness (QED) is 0.480. The molecular weight excluding hydrogens is 429 g/mol. The topological polar surface area (TPSA) is 53.9 Å². The average molecular weight is 461 g/mol. The molecule has 0 fully saturated rings. The van der Waals surface area contributed by atoms with Crippen LogP contribution in [0.15, 0.2) is 47.6 Å². The molecule has 4 nitrogen and oxygen atoms in total. The lowest BCUT2D eigenvalue weighted by atomic mass is 9.74. The van der Waals surface area contributed by atoms with E-state index in [0.29, 0.717) is 29.8 Å².